The molecule has 0 bridgehead atoms. The second-order valence-electron chi connectivity index (χ2n) is 12.6. The lowest BCUT2D eigenvalue weighted by atomic mass is 10.0. The monoisotopic (exact) mass is 639 g/mol. The van der Waals surface area contributed by atoms with Crippen molar-refractivity contribution in [2.75, 3.05) is 0 Å². The Bertz CT molecular complexity index is 2810. The van der Waals surface area contributed by atoms with Gasteiger partial charge in [-0.3, -0.25) is 0 Å². The SMILES string of the molecule is c1ccc(-c2cccc(-c3nc(-c4ccccc4)cc(-c4cccc5c4oc4ccc(-n6c7ccccc7c7ccccc76)cc45)n3)c2)cc1. The highest BCUT2D eigenvalue weighted by Gasteiger charge is 2.18. The number of hydrogen-bond acceptors (Lipinski definition) is 3. The number of fused-ring (bicyclic) bond motifs is 6. The number of furan rings is 1. The van der Waals surface area contributed by atoms with Crippen LogP contribution in [0.3, 0.4) is 0 Å². The molecule has 0 fully saturated rings. The van der Waals surface area contributed by atoms with Crippen molar-refractivity contribution < 1.29 is 4.42 Å². The first-order valence-corrected chi connectivity index (χ1v) is 16.8. The predicted octanol–water partition coefficient (Wildman–Crippen LogP) is 12.1. The number of benzene rings is 7. The van der Waals surface area contributed by atoms with Crippen LogP contribution < -0.4 is 0 Å². The van der Waals surface area contributed by atoms with Gasteiger partial charge >= 0.3 is 0 Å². The van der Waals surface area contributed by atoms with Crippen LogP contribution in [0.25, 0.3) is 94.5 Å². The standard InChI is InChI=1S/C46H29N3O/c1-3-13-30(14-4-1)32-17-11-18-33(27-32)46-47-40(31-15-5-2-6-16-31)29-41(48-46)38-22-12-21-37-39-28-34(25-26-44(39)50-45(37)38)49-42-23-9-7-19-35(42)36-20-8-10-24-43(36)49/h1-29H. The maximum Gasteiger partial charge on any atom is 0.160 e. The van der Waals surface area contributed by atoms with Gasteiger partial charge < -0.3 is 8.98 Å². The lowest BCUT2D eigenvalue weighted by molar-refractivity contribution is 0.669. The van der Waals surface area contributed by atoms with Crippen molar-refractivity contribution in [2.24, 2.45) is 0 Å². The molecule has 4 heteroatoms. The zero-order valence-electron chi connectivity index (χ0n) is 27.0. The van der Waals surface area contributed by atoms with Gasteiger partial charge in [0.2, 0.25) is 0 Å². The fourth-order valence-electron chi connectivity index (χ4n) is 7.27. The summed E-state index contributed by atoms with van der Waals surface area (Å²) in [5.74, 6) is 0.667. The van der Waals surface area contributed by atoms with E-state index in [1.54, 1.807) is 0 Å². The second kappa shape index (κ2) is 11.4. The smallest absolute Gasteiger partial charge is 0.160 e. The summed E-state index contributed by atoms with van der Waals surface area (Å²) in [6.45, 7) is 0. The lowest BCUT2D eigenvalue weighted by Gasteiger charge is -2.11. The van der Waals surface area contributed by atoms with E-state index in [9.17, 15) is 0 Å². The van der Waals surface area contributed by atoms with Crippen molar-refractivity contribution in [1.29, 1.82) is 0 Å². The summed E-state index contributed by atoms with van der Waals surface area (Å²) in [6.07, 6.45) is 0. The van der Waals surface area contributed by atoms with Crippen LogP contribution in [-0.2, 0) is 0 Å². The van der Waals surface area contributed by atoms with Crippen molar-refractivity contribution in [1.82, 2.24) is 14.5 Å². The molecule has 10 aromatic rings. The molecule has 234 valence electrons. The Hall–Kier alpha value is -6.78. The molecule has 50 heavy (non-hydrogen) atoms. The largest absolute Gasteiger partial charge is 0.455 e. The van der Waals surface area contributed by atoms with Crippen LogP contribution in [0, 0.1) is 0 Å². The summed E-state index contributed by atoms with van der Waals surface area (Å²) in [5.41, 5.74) is 12.0. The molecule has 0 atom stereocenters. The van der Waals surface area contributed by atoms with Gasteiger partial charge in [0.05, 0.1) is 22.4 Å². The molecule has 0 aliphatic carbocycles. The van der Waals surface area contributed by atoms with E-state index in [1.807, 2.05) is 24.3 Å². The maximum atomic E-state index is 6.68. The Labute approximate surface area is 288 Å². The molecule has 3 aromatic heterocycles. The number of nitrogens with zero attached hydrogens (tertiary/aromatic N) is 3. The van der Waals surface area contributed by atoms with Crippen LogP contribution in [0.15, 0.2) is 180 Å². The van der Waals surface area contributed by atoms with E-state index in [4.69, 9.17) is 14.4 Å². The molecule has 7 aromatic carbocycles. The van der Waals surface area contributed by atoms with Crippen LogP contribution in [0.5, 0.6) is 0 Å². The highest BCUT2D eigenvalue weighted by molar-refractivity contribution is 6.12. The molecule has 0 radical (unpaired) electrons. The van der Waals surface area contributed by atoms with E-state index >= 15 is 0 Å². The number of rotatable bonds is 5. The summed E-state index contributed by atoms with van der Waals surface area (Å²) < 4.78 is 9.03. The molecule has 0 aliphatic rings. The number of para-hydroxylation sites is 3. The average molecular weight is 640 g/mol. The Morgan fingerprint density at radius 2 is 1.00 bits per heavy atom. The van der Waals surface area contributed by atoms with Gasteiger partial charge in [-0.1, -0.05) is 127 Å². The topological polar surface area (TPSA) is 43.9 Å². The van der Waals surface area contributed by atoms with E-state index in [-0.39, 0.29) is 0 Å². The van der Waals surface area contributed by atoms with E-state index in [1.165, 1.54) is 21.8 Å². The molecule has 0 saturated heterocycles. The zero-order chi connectivity index (χ0) is 33.0. The summed E-state index contributed by atoms with van der Waals surface area (Å²) >= 11 is 0. The average Bonchev–Trinajstić information content (AvgIpc) is 3.74. The van der Waals surface area contributed by atoms with E-state index < -0.39 is 0 Å². The van der Waals surface area contributed by atoms with Crippen LogP contribution in [0.4, 0.5) is 0 Å². The number of hydrogen-bond donors (Lipinski definition) is 0. The highest BCUT2D eigenvalue weighted by atomic mass is 16.3. The van der Waals surface area contributed by atoms with E-state index in [0.717, 1.165) is 66.8 Å². The minimum Gasteiger partial charge on any atom is -0.455 e. The predicted molar refractivity (Wildman–Crippen MR) is 205 cm³/mol. The summed E-state index contributed by atoms with van der Waals surface area (Å²) in [4.78, 5) is 10.3. The molecular weight excluding hydrogens is 611 g/mol. The first kappa shape index (κ1) is 28.3. The first-order chi connectivity index (χ1) is 24.8. The van der Waals surface area contributed by atoms with Crippen molar-refractivity contribution in [2.45, 2.75) is 0 Å². The van der Waals surface area contributed by atoms with Gasteiger partial charge in [0, 0.05) is 43.9 Å². The quantitative estimate of drug-likeness (QED) is 0.188. The molecule has 0 unspecified atom stereocenters. The lowest BCUT2D eigenvalue weighted by Crippen LogP contribution is -1.96. The van der Waals surface area contributed by atoms with Crippen molar-refractivity contribution in [3.63, 3.8) is 0 Å². The normalized spacial score (nSPS) is 11.6. The third-order valence-corrected chi connectivity index (χ3v) is 9.62. The second-order valence-corrected chi connectivity index (χ2v) is 12.6. The van der Waals surface area contributed by atoms with Crippen LogP contribution in [-0.4, -0.2) is 14.5 Å². The van der Waals surface area contributed by atoms with Crippen molar-refractivity contribution >= 4 is 43.7 Å². The zero-order valence-corrected chi connectivity index (χ0v) is 27.0. The van der Waals surface area contributed by atoms with Crippen molar-refractivity contribution in [3.8, 4) is 50.7 Å². The Balaban J connectivity index is 1.16. The minimum atomic E-state index is 0.667. The van der Waals surface area contributed by atoms with E-state index in [0.29, 0.717) is 5.82 Å². The molecule has 3 heterocycles. The minimum absolute atomic E-state index is 0.667. The van der Waals surface area contributed by atoms with Gasteiger partial charge in [0.25, 0.3) is 0 Å². The van der Waals surface area contributed by atoms with Crippen molar-refractivity contribution in [3.05, 3.63) is 176 Å². The molecular formula is C46H29N3O. The van der Waals surface area contributed by atoms with Crippen LogP contribution in [0.1, 0.15) is 0 Å². The van der Waals surface area contributed by atoms with Gasteiger partial charge in [-0.2, -0.15) is 0 Å². The third-order valence-electron chi connectivity index (χ3n) is 9.62. The van der Waals surface area contributed by atoms with Gasteiger partial charge in [-0.15, -0.1) is 0 Å². The van der Waals surface area contributed by atoms with Gasteiger partial charge in [0.15, 0.2) is 5.82 Å². The molecule has 0 aliphatic heterocycles. The van der Waals surface area contributed by atoms with E-state index in [2.05, 4.69) is 156 Å². The van der Waals surface area contributed by atoms with Gasteiger partial charge in [0.1, 0.15) is 11.2 Å². The molecule has 4 nitrogen and oxygen atoms in total. The Kier molecular flexibility index (Phi) is 6.46. The van der Waals surface area contributed by atoms with Crippen LogP contribution in [0.2, 0.25) is 0 Å². The van der Waals surface area contributed by atoms with Gasteiger partial charge in [-0.25, -0.2) is 9.97 Å². The summed E-state index contributed by atoms with van der Waals surface area (Å²) in [6, 6.07) is 61.3. The fourth-order valence-corrected chi connectivity index (χ4v) is 7.27. The molecule has 0 saturated carbocycles. The highest BCUT2D eigenvalue weighted by Crippen LogP contribution is 2.39. The molecule has 10 rings (SSSR count). The maximum absolute atomic E-state index is 6.68. The van der Waals surface area contributed by atoms with Gasteiger partial charge in [-0.05, 0) is 59.7 Å². The van der Waals surface area contributed by atoms with Crippen LogP contribution >= 0.6 is 0 Å². The fraction of sp³-hybridized carbons (Fsp3) is 0. The summed E-state index contributed by atoms with van der Waals surface area (Å²) in [5, 5.41) is 4.60. The number of aromatic nitrogens is 3. The first-order valence-electron chi connectivity index (χ1n) is 16.8. The molecule has 0 spiro atoms. The summed E-state index contributed by atoms with van der Waals surface area (Å²) in [7, 11) is 0. The Morgan fingerprint density at radius 3 is 1.76 bits per heavy atom. The molecule has 0 amide bonds. The third kappa shape index (κ3) is 4.61. The molecule has 0 N–H and O–H groups in total. The Morgan fingerprint density at radius 1 is 0.400 bits per heavy atom.